The van der Waals surface area contributed by atoms with Gasteiger partial charge in [0.25, 0.3) is 0 Å². The van der Waals surface area contributed by atoms with Crippen molar-refractivity contribution in [2.45, 2.75) is 52.8 Å². The van der Waals surface area contributed by atoms with E-state index in [1.54, 1.807) is 0 Å². The normalized spacial score (nSPS) is 13.6. The number of anilines is 1. The first-order valence-corrected chi connectivity index (χ1v) is 12.4. The molecule has 1 aromatic carbocycles. The number of pyridine rings is 1. The summed E-state index contributed by atoms with van der Waals surface area (Å²) in [5.74, 6) is 2.19. The molecule has 0 fully saturated rings. The Morgan fingerprint density at radius 1 is 1.11 bits per heavy atom. The van der Waals surface area contributed by atoms with Crippen LogP contribution in [0.3, 0.4) is 0 Å². The maximum atomic E-state index is 10.1. The first kappa shape index (κ1) is 23.9. The predicted octanol–water partition coefficient (Wildman–Crippen LogP) is 4.62. The van der Waals surface area contributed by atoms with Gasteiger partial charge in [-0.3, -0.25) is 9.67 Å². The molecule has 0 amide bonds. The van der Waals surface area contributed by atoms with Crippen LogP contribution in [0.4, 0.5) is 5.82 Å². The van der Waals surface area contributed by atoms with Gasteiger partial charge in [-0.2, -0.15) is 5.10 Å². The van der Waals surface area contributed by atoms with Gasteiger partial charge in [0.2, 0.25) is 0 Å². The molecule has 0 saturated carbocycles. The number of aliphatic hydroxyl groups is 1. The number of hydrogen-bond donors (Lipinski definition) is 1. The SMILES string of the molecule is CCC[C@@H](O)COc1cccc(-c2nc(-c3c(C)cnn3C)c(C)c(N3Cc4cccnc4C3)n2)c1. The van der Waals surface area contributed by atoms with Crippen molar-refractivity contribution in [3.63, 3.8) is 0 Å². The van der Waals surface area contributed by atoms with Crippen molar-refractivity contribution in [1.82, 2.24) is 24.7 Å². The van der Waals surface area contributed by atoms with Gasteiger partial charge in [-0.1, -0.05) is 31.5 Å². The largest absolute Gasteiger partial charge is 0.491 e. The Balaban J connectivity index is 1.56. The van der Waals surface area contributed by atoms with Gasteiger partial charge in [-0.15, -0.1) is 0 Å². The van der Waals surface area contributed by atoms with E-state index in [2.05, 4.69) is 34.9 Å². The smallest absolute Gasteiger partial charge is 0.162 e. The van der Waals surface area contributed by atoms with Gasteiger partial charge in [0.15, 0.2) is 5.82 Å². The molecule has 4 heterocycles. The van der Waals surface area contributed by atoms with Gasteiger partial charge in [0.05, 0.1) is 35.9 Å². The van der Waals surface area contributed by atoms with Gasteiger partial charge >= 0.3 is 0 Å². The lowest BCUT2D eigenvalue weighted by Crippen LogP contribution is -2.19. The molecule has 0 aliphatic carbocycles. The fraction of sp³-hybridized carbons (Fsp3) is 0.357. The number of benzene rings is 1. The highest BCUT2D eigenvalue weighted by atomic mass is 16.5. The zero-order chi connectivity index (χ0) is 25.2. The molecule has 8 nitrogen and oxygen atoms in total. The summed E-state index contributed by atoms with van der Waals surface area (Å²) in [5.41, 5.74) is 7.06. The average molecular weight is 485 g/mol. The van der Waals surface area contributed by atoms with E-state index in [0.717, 1.165) is 52.6 Å². The van der Waals surface area contributed by atoms with Gasteiger partial charge in [-0.25, -0.2) is 9.97 Å². The summed E-state index contributed by atoms with van der Waals surface area (Å²) in [7, 11) is 1.94. The Morgan fingerprint density at radius 2 is 1.97 bits per heavy atom. The van der Waals surface area contributed by atoms with E-state index in [-0.39, 0.29) is 6.61 Å². The number of hydrogen-bond acceptors (Lipinski definition) is 7. The maximum Gasteiger partial charge on any atom is 0.162 e. The van der Waals surface area contributed by atoms with Crippen LogP contribution in [0.1, 0.15) is 42.1 Å². The topological polar surface area (TPSA) is 89.2 Å². The van der Waals surface area contributed by atoms with Crippen molar-refractivity contribution in [2.75, 3.05) is 11.5 Å². The van der Waals surface area contributed by atoms with Crippen LogP contribution in [-0.2, 0) is 20.1 Å². The molecule has 186 valence electrons. The monoisotopic (exact) mass is 484 g/mol. The summed E-state index contributed by atoms with van der Waals surface area (Å²) in [6, 6.07) is 11.9. The third-order valence-corrected chi connectivity index (χ3v) is 6.61. The van der Waals surface area contributed by atoms with Crippen LogP contribution in [0.2, 0.25) is 0 Å². The third-order valence-electron chi connectivity index (χ3n) is 6.61. The minimum Gasteiger partial charge on any atom is -0.491 e. The summed E-state index contributed by atoms with van der Waals surface area (Å²) in [6.45, 7) is 7.89. The molecule has 1 aliphatic heterocycles. The number of aryl methyl sites for hydroxylation is 2. The molecule has 3 aromatic heterocycles. The van der Waals surface area contributed by atoms with Crippen LogP contribution >= 0.6 is 0 Å². The Hall–Kier alpha value is -3.78. The number of rotatable bonds is 8. The molecule has 1 N–H and O–H groups in total. The molecule has 0 saturated heterocycles. The number of aliphatic hydroxyl groups excluding tert-OH is 1. The van der Waals surface area contributed by atoms with Crippen LogP contribution in [0.5, 0.6) is 5.75 Å². The van der Waals surface area contributed by atoms with E-state index in [0.29, 0.717) is 24.5 Å². The van der Waals surface area contributed by atoms with Crippen molar-refractivity contribution < 1.29 is 9.84 Å². The number of ether oxygens (including phenoxy) is 1. The van der Waals surface area contributed by atoms with Crippen LogP contribution in [0.25, 0.3) is 22.8 Å². The van der Waals surface area contributed by atoms with Gasteiger partial charge in [0.1, 0.15) is 18.2 Å². The molecular weight excluding hydrogens is 452 g/mol. The van der Waals surface area contributed by atoms with Gasteiger partial charge in [-0.05, 0) is 49.6 Å². The van der Waals surface area contributed by atoms with Crippen molar-refractivity contribution >= 4 is 5.82 Å². The second-order valence-corrected chi connectivity index (χ2v) is 9.39. The second-order valence-electron chi connectivity index (χ2n) is 9.39. The summed E-state index contributed by atoms with van der Waals surface area (Å²) in [5, 5.41) is 14.5. The highest BCUT2D eigenvalue weighted by Gasteiger charge is 2.26. The molecule has 8 heteroatoms. The minimum absolute atomic E-state index is 0.260. The Labute approximate surface area is 211 Å². The number of nitrogens with zero attached hydrogens (tertiary/aromatic N) is 6. The summed E-state index contributed by atoms with van der Waals surface area (Å²) >= 11 is 0. The van der Waals surface area contributed by atoms with Crippen LogP contribution in [0.15, 0.2) is 48.8 Å². The highest BCUT2D eigenvalue weighted by molar-refractivity contribution is 5.73. The number of fused-ring (bicyclic) bond motifs is 1. The van der Waals surface area contributed by atoms with E-state index in [1.807, 2.05) is 61.4 Å². The van der Waals surface area contributed by atoms with Crippen LogP contribution < -0.4 is 9.64 Å². The van der Waals surface area contributed by atoms with E-state index in [1.165, 1.54) is 5.56 Å². The Kier molecular flexibility index (Phi) is 6.69. The molecule has 4 aromatic rings. The first-order valence-electron chi connectivity index (χ1n) is 12.4. The van der Waals surface area contributed by atoms with Crippen LogP contribution in [-0.4, -0.2) is 42.5 Å². The first-order chi connectivity index (χ1) is 17.4. The maximum absolute atomic E-state index is 10.1. The molecule has 0 bridgehead atoms. The lowest BCUT2D eigenvalue weighted by Gasteiger charge is -2.22. The highest BCUT2D eigenvalue weighted by Crippen LogP contribution is 2.36. The van der Waals surface area contributed by atoms with E-state index >= 15 is 0 Å². The second kappa shape index (κ2) is 10.1. The fourth-order valence-electron chi connectivity index (χ4n) is 4.74. The van der Waals surface area contributed by atoms with E-state index < -0.39 is 6.10 Å². The molecule has 36 heavy (non-hydrogen) atoms. The molecule has 0 spiro atoms. The molecule has 0 radical (unpaired) electrons. The molecular formula is C28H32N6O2. The van der Waals surface area contributed by atoms with E-state index in [9.17, 15) is 5.11 Å². The van der Waals surface area contributed by atoms with Crippen molar-refractivity contribution in [3.05, 3.63) is 71.2 Å². The molecule has 0 unspecified atom stereocenters. The summed E-state index contributed by atoms with van der Waals surface area (Å²) in [4.78, 5) is 16.9. The Morgan fingerprint density at radius 3 is 2.72 bits per heavy atom. The predicted molar refractivity (Wildman–Crippen MR) is 140 cm³/mol. The zero-order valence-electron chi connectivity index (χ0n) is 21.3. The standard InChI is InChI=1S/C28H32N6O2/c1-5-8-22(35)17-36-23-11-6-9-20(13-23)27-31-25(26-18(2)14-30-33(26)4)19(3)28(32-27)34-15-21-10-7-12-29-24(21)16-34/h6-7,9-14,22,35H,5,8,15-17H2,1-4H3/t22-/m1/s1. The molecule has 5 rings (SSSR count). The third kappa shape index (κ3) is 4.68. The Bertz CT molecular complexity index is 1340. The van der Waals surface area contributed by atoms with E-state index in [4.69, 9.17) is 14.7 Å². The van der Waals surface area contributed by atoms with Gasteiger partial charge in [0, 0.05) is 30.9 Å². The summed E-state index contributed by atoms with van der Waals surface area (Å²) in [6.07, 6.45) is 4.85. The van der Waals surface area contributed by atoms with Crippen molar-refractivity contribution in [1.29, 1.82) is 0 Å². The van der Waals surface area contributed by atoms with Crippen molar-refractivity contribution in [3.8, 4) is 28.5 Å². The number of aromatic nitrogens is 5. The van der Waals surface area contributed by atoms with Crippen LogP contribution in [0, 0.1) is 13.8 Å². The lowest BCUT2D eigenvalue weighted by molar-refractivity contribution is 0.0994. The molecule has 1 aliphatic rings. The zero-order valence-corrected chi connectivity index (χ0v) is 21.3. The minimum atomic E-state index is -0.481. The quantitative estimate of drug-likeness (QED) is 0.390. The van der Waals surface area contributed by atoms with Gasteiger partial charge < -0.3 is 14.7 Å². The van der Waals surface area contributed by atoms with Crippen molar-refractivity contribution in [2.24, 2.45) is 7.05 Å². The fourth-order valence-corrected chi connectivity index (χ4v) is 4.74. The lowest BCUT2D eigenvalue weighted by atomic mass is 10.1. The average Bonchev–Trinajstić information content (AvgIpc) is 3.46. The molecule has 1 atom stereocenters. The summed E-state index contributed by atoms with van der Waals surface area (Å²) < 4.78 is 7.75.